The number of cyclic esters (lactones) is 2. The molecule has 5 heteroatoms. The molecule has 2 saturated carbocycles. The van der Waals surface area contributed by atoms with Gasteiger partial charge in [-0.3, -0.25) is 4.79 Å². The quantitative estimate of drug-likeness (QED) is 0.427. The summed E-state index contributed by atoms with van der Waals surface area (Å²) in [5.74, 6) is 1.26. The Morgan fingerprint density at radius 3 is 2.23 bits per heavy atom. The average Bonchev–Trinajstić information content (AvgIpc) is 3.34. The van der Waals surface area contributed by atoms with E-state index in [9.17, 15) is 9.59 Å². The first-order valence-corrected chi connectivity index (χ1v) is 12.3. The van der Waals surface area contributed by atoms with Gasteiger partial charge in [0.15, 0.2) is 0 Å². The minimum Gasteiger partial charge on any atom is -0.465 e. The standard InChI is InChI=1S/C14H24O3.C11H16O2/c1-2-16-11-14(8-9-17-13(14)15)10-12-6-4-3-5-7-12;12-11-10(6-7-13-11)8-9-4-2-1-3-5-9/h12H,2-11H2,1H3;8-9H,1-7H2. The smallest absolute Gasteiger partial charge is 0.333 e. The molecule has 0 aromatic carbocycles. The van der Waals surface area contributed by atoms with E-state index in [4.69, 9.17) is 14.2 Å². The third kappa shape index (κ3) is 6.57. The number of rotatable bonds is 6. The number of ether oxygens (including phenoxy) is 3. The maximum absolute atomic E-state index is 12.0. The second-order valence-corrected chi connectivity index (χ2v) is 9.49. The summed E-state index contributed by atoms with van der Waals surface area (Å²) >= 11 is 0. The van der Waals surface area contributed by atoms with Crippen molar-refractivity contribution in [1.82, 2.24) is 0 Å². The number of hydrogen-bond donors (Lipinski definition) is 0. The number of carbonyl (C=O) groups excluding carboxylic acids is 2. The van der Waals surface area contributed by atoms with Crippen molar-refractivity contribution in [3.8, 4) is 0 Å². The second-order valence-electron chi connectivity index (χ2n) is 9.49. The van der Waals surface area contributed by atoms with Crippen LogP contribution in [-0.4, -0.2) is 38.4 Å². The summed E-state index contributed by atoms with van der Waals surface area (Å²) < 4.78 is 15.6. The largest absolute Gasteiger partial charge is 0.465 e. The Morgan fingerprint density at radius 2 is 1.67 bits per heavy atom. The Kier molecular flexibility index (Phi) is 9.23. The zero-order valence-corrected chi connectivity index (χ0v) is 18.8. The van der Waals surface area contributed by atoms with Gasteiger partial charge >= 0.3 is 11.9 Å². The molecule has 1 atom stereocenters. The molecule has 0 N–H and O–H groups in total. The molecule has 5 nitrogen and oxygen atoms in total. The molecule has 0 bridgehead atoms. The van der Waals surface area contributed by atoms with Crippen LogP contribution in [0.2, 0.25) is 0 Å². The number of carbonyl (C=O) groups is 2. The van der Waals surface area contributed by atoms with Crippen molar-refractivity contribution < 1.29 is 23.8 Å². The van der Waals surface area contributed by atoms with Gasteiger partial charge in [-0.1, -0.05) is 57.4 Å². The van der Waals surface area contributed by atoms with Gasteiger partial charge in [-0.25, -0.2) is 4.79 Å². The van der Waals surface area contributed by atoms with E-state index in [-0.39, 0.29) is 17.4 Å². The molecule has 170 valence electrons. The van der Waals surface area contributed by atoms with Crippen LogP contribution in [0.4, 0.5) is 0 Å². The lowest BCUT2D eigenvalue weighted by Gasteiger charge is -2.31. The van der Waals surface area contributed by atoms with Crippen LogP contribution in [0.5, 0.6) is 0 Å². The topological polar surface area (TPSA) is 61.8 Å². The summed E-state index contributed by atoms with van der Waals surface area (Å²) in [5, 5.41) is 0. The molecule has 0 aromatic heterocycles. The van der Waals surface area contributed by atoms with Crippen molar-refractivity contribution in [3.05, 3.63) is 11.6 Å². The normalized spacial score (nSPS) is 29.4. The van der Waals surface area contributed by atoms with Crippen LogP contribution >= 0.6 is 0 Å². The first-order valence-electron chi connectivity index (χ1n) is 12.3. The molecule has 2 heterocycles. The lowest BCUT2D eigenvalue weighted by molar-refractivity contribution is -0.150. The number of allylic oxidation sites excluding steroid dienone is 1. The van der Waals surface area contributed by atoms with E-state index in [1.807, 2.05) is 6.92 Å². The van der Waals surface area contributed by atoms with E-state index in [1.165, 1.54) is 64.2 Å². The van der Waals surface area contributed by atoms with Crippen molar-refractivity contribution in [1.29, 1.82) is 0 Å². The summed E-state index contributed by atoms with van der Waals surface area (Å²) in [7, 11) is 0. The maximum atomic E-state index is 12.0. The highest BCUT2D eigenvalue weighted by atomic mass is 16.5. The van der Waals surface area contributed by atoms with Crippen LogP contribution in [0.25, 0.3) is 0 Å². The minimum absolute atomic E-state index is 0.0171. The Bertz CT molecular complexity index is 586. The summed E-state index contributed by atoms with van der Waals surface area (Å²) in [5.41, 5.74) is 0.602. The predicted octanol–water partition coefficient (Wildman–Crippen LogP) is 5.37. The van der Waals surface area contributed by atoms with Crippen molar-refractivity contribution in [2.45, 2.75) is 90.4 Å². The van der Waals surface area contributed by atoms with E-state index >= 15 is 0 Å². The van der Waals surface area contributed by atoms with Gasteiger partial charge in [-0.15, -0.1) is 0 Å². The third-order valence-electron chi connectivity index (χ3n) is 7.19. The first-order chi connectivity index (χ1) is 14.6. The van der Waals surface area contributed by atoms with Crippen LogP contribution in [0.15, 0.2) is 11.6 Å². The number of hydrogen-bond acceptors (Lipinski definition) is 5. The predicted molar refractivity (Wildman–Crippen MR) is 116 cm³/mol. The lowest BCUT2D eigenvalue weighted by atomic mass is 9.74. The van der Waals surface area contributed by atoms with E-state index in [0.717, 1.165) is 24.8 Å². The van der Waals surface area contributed by atoms with Crippen LogP contribution in [-0.2, 0) is 23.8 Å². The van der Waals surface area contributed by atoms with Crippen LogP contribution in [0.1, 0.15) is 90.4 Å². The zero-order valence-electron chi connectivity index (χ0n) is 18.8. The fourth-order valence-corrected chi connectivity index (χ4v) is 5.40. The van der Waals surface area contributed by atoms with Crippen molar-refractivity contribution in [2.24, 2.45) is 17.3 Å². The summed E-state index contributed by atoms with van der Waals surface area (Å²) in [4.78, 5) is 23.1. The molecule has 4 rings (SSSR count). The molecular formula is C25H40O5. The molecule has 0 aromatic rings. The summed E-state index contributed by atoms with van der Waals surface area (Å²) in [6.45, 7) is 4.39. The molecular weight excluding hydrogens is 380 g/mol. The van der Waals surface area contributed by atoms with Gasteiger partial charge in [0.05, 0.1) is 25.2 Å². The molecule has 4 aliphatic rings. The Labute approximate surface area is 181 Å². The average molecular weight is 421 g/mol. The summed E-state index contributed by atoms with van der Waals surface area (Å²) in [6, 6.07) is 0. The first kappa shape index (κ1) is 23.3. The van der Waals surface area contributed by atoms with Gasteiger partial charge in [-0.05, 0) is 44.4 Å². The Balaban J connectivity index is 0.000000177. The van der Waals surface area contributed by atoms with Gasteiger partial charge in [0.2, 0.25) is 0 Å². The molecule has 4 fully saturated rings. The Hall–Kier alpha value is -1.36. The highest BCUT2D eigenvalue weighted by Gasteiger charge is 2.46. The minimum atomic E-state index is -0.321. The SMILES string of the molecule is CCOCC1(CC2CCCCC2)CCOC1=O.O=C1OCCC1=CC1CCCCC1. The molecule has 30 heavy (non-hydrogen) atoms. The second kappa shape index (κ2) is 11.9. The lowest BCUT2D eigenvalue weighted by Crippen LogP contribution is -2.35. The zero-order chi connectivity index (χ0) is 21.2. The molecule has 0 spiro atoms. The monoisotopic (exact) mass is 420 g/mol. The molecule has 0 amide bonds. The van der Waals surface area contributed by atoms with Crippen molar-refractivity contribution in [2.75, 3.05) is 26.4 Å². The summed E-state index contributed by atoms with van der Waals surface area (Å²) in [6.07, 6.45) is 17.9. The molecule has 2 aliphatic heterocycles. The molecule has 2 aliphatic carbocycles. The van der Waals surface area contributed by atoms with Gasteiger partial charge in [0, 0.05) is 18.6 Å². The molecule has 2 saturated heterocycles. The molecule has 1 unspecified atom stereocenters. The molecule has 0 radical (unpaired) electrons. The van der Waals surface area contributed by atoms with E-state index in [0.29, 0.717) is 38.3 Å². The van der Waals surface area contributed by atoms with E-state index in [1.54, 1.807) is 0 Å². The van der Waals surface area contributed by atoms with Crippen molar-refractivity contribution in [3.63, 3.8) is 0 Å². The third-order valence-corrected chi connectivity index (χ3v) is 7.19. The number of esters is 2. The van der Waals surface area contributed by atoms with Gasteiger partial charge in [-0.2, -0.15) is 0 Å². The highest BCUT2D eigenvalue weighted by molar-refractivity contribution is 5.90. The maximum Gasteiger partial charge on any atom is 0.333 e. The Morgan fingerprint density at radius 1 is 0.967 bits per heavy atom. The van der Waals surface area contributed by atoms with Crippen LogP contribution in [0, 0.1) is 17.3 Å². The van der Waals surface area contributed by atoms with Crippen LogP contribution < -0.4 is 0 Å². The fraction of sp³-hybridized carbons (Fsp3) is 0.840. The van der Waals surface area contributed by atoms with Gasteiger partial charge < -0.3 is 14.2 Å². The highest BCUT2D eigenvalue weighted by Crippen LogP contribution is 2.41. The van der Waals surface area contributed by atoms with E-state index < -0.39 is 0 Å². The van der Waals surface area contributed by atoms with E-state index in [2.05, 4.69) is 6.08 Å². The fourth-order valence-electron chi connectivity index (χ4n) is 5.40. The van der Waals surface area contributed by atoms with Crippen molar-refractivity contribution >= 4 is 11.9 Å². The van der Waals surface area contributed by atoms with Crippen LogP contribution in [0.3, 0.4) is 0 Å². The van der Waals surface area contributed by atoms with Gasteiger partial charge in [0.1, 0.15) is 0 Å². The van der Waals surface area contributed by atoms with Gasteiger partial charge in [0.25, 0.3) is 0 Å².